The lowest BCUT2D eigenvalue weighted by Crippen LogP contribution is -2.35. The molecule has 2 aliphatic rings. The van der Waals surface area contributed by atoms with Crippen molar-refractivity contribution in [3.05, 3.63) is 47.0 Å². The average Bonchev–Trinajstić information content (AvgIpc) is 3.38. The molecule has 0 saturated carbocycles. The van der Waals surface area contributed by atoms with Gasteiger partial charge in [-0.1, -0.05) is 6.07 Å². The minimum Gasteiger partial charge on any atom is -0.493 e. The van der Waals surface area contributed by atoms with E-state index in [0.29, 0.717) is 0 Å². The summed E-state index contributed by atoms with van der Waals surface area (Å²) in [6, 6.07) is 10.5. The van der Waals surface area contributed by atoms with E-state index in [1.54, 1.807) is 18.4 Å². The van der Waals surface area contributed by atoms with Gasteiger partial charge in [-0.3, -0.25) is 4.79 Å². The number of nitrogens with zero attached hydrogens (tertiary/aromatic N) is 2. The highest BCUT2D eigenvalue weighted by molar-refractivity contribution is 7.13. The number of hydrogen-bond acceptors (Lipinski definition) is 5. The van der Waals surface area contributed by atoms with Crippen LogP contribution in [0.1, 0.15) is 36.3 Å². The van der Waals surface area contributed by atoms with Crippen LogP contribution < -0.4 is 14.8 Å². The van der Waals surface area contributed by atoms with Gasteiger partial charge in [0.2, 0.25) is 0 Å². The van der Waals surface area contributed by atoms with Crippen molar-refractivity contribution < 1.29 is 14.3 Å². The lowest BCUT2D eigenvalue weighted by atomic mass is 9.95. The number of thiophene rings is 1. The highest BCUT2D eigenvalue weighted by atomic mass is 32.1. The summed E-state index contributed by atoms with van der Waals surface area (Å²) in [7, 11) is 1.68. The molecule has 0 aliphatic carbocycles. The molecule has 2 aromatic heterocycles. The second kappa shape index (κ2) is 9.23. The van der Waals surface area contributed by atoms with Gasteiger partial charge in [0.05, 0.1) is 18.9 Å². The lowest BCUT2D eigenvalue weighted by Gasteiger charge is -2.26. The van der Waals surface area contributed by atoms with E-state index in [9.17, 15) is 4.79 Å². The minimum atomic E-state index is 0.0397. The molecule has 174 valence electrons. The smallest absolute Gasteiger partial charge is 0.270 e. The fourth-order valence-corrected chi connectivity index (χ4v) is 5.59. The van der Waals surface area contributed by atoms with Gasteiger partial charge in [-0.15, -0.1) is 11.3 Å². The Morgan fingerprint density at radius 3 is 2.73 bits per heavy atom. The van der Waals surface area contributed by atoms with Crippen LogP contribution in [-0.4, -0.2) is 54.8 Å². The summed E-state index contributed by atoms with van der Waals surface area (Å²) in [5, 5.41) is 5.48. The van der Waals surface area contributed by atoms with E-state index in [2.05, 4.69) is 45.6 Å². The number of aromatic nitrogens is 1. The van der Waals surface area contributed by atoms with E-state index < -0.39 is 0 Å². The van der Waals surface area contributed by atoms with Crippen LogP contribution in [0.4, 0.5) is 0 Å². The number of benzene rings is 1. The number of fused-ring (bicyclic) bond motifs is 3. The number of carbonyl (C=O) groups is 1. The molecule has 1 aromatic carbocycles. The van der Waals surface area contributed by atoms with E-state index in [-0.39, 0.29) is 12.0 Å². The van der Waals surface area contributed by atoms with Crippen LogP contribution in [0.15, 0.2) is 35.7 Å². The number of nitrogens with one attached hydrogen (secondary N) is 1. The number of hydrogen-bond donors (Lipinski definition) is 1. The number of methoxy groups -OCH3 is 1. The zero-order valence-corrected chi connectivity index (χ0v) is 20.3. The first kappa shape index (κ1) is 22.0. The molecule has 1 amide bonds. The van der Waals surface area contributed by atoms with Crippen molar-refractivity contribution >= 4 is 17.2 Å². The van der Waals surface area contributed by atoms with Crippen molar-refractivity contribution in [2.75, 3.05) is 33.3 Å². The van der Waals surface area contributed by atoms with Gasteiger partial charge in [0.25, 0.3) is 5.91 Å². The van der Waals surface area contributed by atoms with Crippen LogP contribution in [-0.2, 0) is 13.0 Å². The van der Waals surface area contributed by atoms with E-state index in [4.69, 9.17) is 9.47 Å². The summed E-state index contributed by atoms with van der Waals surface area (Å²) in [4.78, 5) is 16.8. The van der Waals surface area contributed by atoms with Gasteiger partial charge in [-0.2, -0.15) is 0 Å². The first-order chi connectivity index (χ1) is 16.1. The molecule has 7 heteroatoms. The normalized spacial score (nSPS) is 15.7. The van der Waals surface area contributed by atoms with Gasteiger partial charge in [0, 0.05) is 42.2 Å². The fraction of sp³-hybridized carbons (Fsp3) is 0.423. The van der Waals surface area contributed by atoms with Crippen molar-refractivity contribution in [3.63, 3.8) is 0 Å². The maximum absolute atomic E-state index is 13.7. The summed E-state index contributed by atoms with van der Waals surface area (Å²) < 4.78 is 14.0. The van der Waals surface area contributed by atoms with Gasteiger partial charge in [-0.25, -0.2) is 0 Å². The van der Waals surface area contributed by atoms with Crippen LogP contribution in [0, 0.1) is 0 Å². The zero-order chi connectivity index (χ0) is 22.9. The van der Waals surface area contributed by atoms with Crippen LogP contribution in [0.5, 0.6) is 11.5 Å². The second-order valence-corrected chi connectivity index (χ2v) is 9.84. The Morgan fingerprint density at radius 2 is 1.97 bits per heavy atom. The van der Waals surface area contributed by atoms with Gasteiger partial charge in [0.1, 0.15) is 5.69 Å². The third-order valence-electron chi connectivity index (χ3n) is 6.34. The Bertz CT molecular complexity index is 1140. The van der Waals surface area contributed by atoms with E-state index in [1.807, 2.05) is 18.7 Å². The van der Waals surface area contributed by atoms with Crippen molar-refractivity contribution in [2.24, 2.45) is 0 Å². The van der Waals surface area contributed by atoms with Crippen molar-refractivity contribution in [3.8, 4) is 33.2 Å². The largest absolute Gasteiger partial charge is 0.493 e. The molecule has 0 radical (unpaired) electrons. The monoisotopic (exact) mass is 465 g/mol. The molecule has 2 aliphatic heterocycles. The highest BCUT2D eigenvalue weighted by Crippen LogP contribution is 2.45. The first-order valence-corrected chi connectivity index (χ1v) is 12.6. The molecular formula is C26H31N3O3S. The van der Waals surface area contributed by atoms with Crippen LogP contribution in [0.3, 0.4) is 0 Å². The Labute approximate surface area is 199 Å². The molecule has 0 spiro atoms. The molecule has 0 unspecified atom stereocenters. The predicted molar refractivity (Wildman–Crippen MR) is 133 cm³/mol. The number of rotatable bonds is 5. The lowest BCUT2D eigenvalue weighted by molar-refractivity contribution is 0.0755. The summed E-state index contributed by atoms with van der Waals surface area (Å²) in [6.07, 6.45) is 1.87. The summed E-state index contributed by atoms with van der Waals surface area (Å²) in [6.45, 7) is 8.15. The van der Waals surface area contributed by atoms with E-state index in [1.165, 1.54) is 10.4 Å². The van der Waals surface area contributed by atoms with Crippen LogP contribution in [0.25, 0.3) is 21.7 Å². The molecule has 33 heavy (non-hydrogen) atoms. The topological polar surface area (TPSA) is 55.7 Å². The second-order valence-electron chi connectivity index (χ2n) is 8.89. The van der Waals surface area contributed by atoms with Gasteiger partial charge in [-0.05, 0) is 68.4 Å². The Hall–Kier alpha value is -2.77. The molecule has 6 nitrogen and oxygen atoms in total. The molecule has 0 bridgehead atoms. The number of carbonyl (C=O) groups excluding carboxylic acids is 1. The third-order valence-corrected chi connectivity index (χ3v) is 7.25. The standard InChI is InChI=1S/C26H31N3O3S/c1-17(2)32-23-16-19-18(14-22(23)31-3)7-11-29-21(26(30)28-10-5-8-27-9-12-28)15-20(25(19)29)24-6-4-13-33-24/h4,6,13-17,27H,5,7-12H2,1-3H3. The van der Waals surface area contributed by atoms with E-state index >= 15 is 0 Å². The molecule has 1 fully saturated rings. The number of ether oxygens (including phenoxy) is 2. The maximum atomic E-state index is 13.7. The maximum Gasteiger partial charge on any atom is 0.270 e. The summed E-state index contributed by atoms with van der Waals surface area (Å²) in [5.41, 5.74) is 5.35. The van der Waals surface area contributed by atoms with Crippen molar-refractivity contribution in [1.82, 2.24) is 14.8 Å². The molecule has 1 saturated heterocycles. The van der Waals surface area contributed by atoms with Crippen LogP contribution >= 0.6 is 11.3 Å². The van der Waals surface area contributed by atoms with Crippen LogP contribution in [0.2, 0.25) is 0 Å². The number of amides is 1. The Morgan fingerprint density at radius 1 is 1.09 bits per heavy atom. The minimum absolute atomic E-state index is 0.0397. The molecule has 3 aromatic rings. The first-order valence-electron chi connectivity index (χ1n) is 11.7. The molecule has 4 heterocycles. The fourth-order valence-electron chi connectivity index (χ4n) is 4.85. The predicted octanol–water partition coefficient (Wildman–Crippen LogP) is 4.67. The molecule has 5 rings (SSSR count). The van der Waals surface area contributed by atoms with Crippen molar-refractivity contribution in [2.45, 2.75) is 39.3 Å². The van der Waals surface area contributed by atoms with Gasteiger partial charge < -0.3 is 24.3 Å². The van der Waals surface area contributed by atoms with Gasteiger partial charge >= 0.3 is 0 Å². The Kier molecular flexibility index (Phi) is 6.17. The third kappa shape index (κ3) is 4.15. The summed E-state index contributed by atoms with van der Waals surface area (Å²) in [5.74, 6) is 1.62. The number of aryl methyl sites for hydroxylation is 1. The highest BCUT2D eigenvalue weighted by Gasteiger charge is 2.30. The SMILES string of the molecule is COc1cc2c(cc1OC(C)C)-c1c(-c3cccs3)cc(C(=O)N3CCCNCC3)n1CC2. The molecular weight excluding hydrogens is 434 g/mol. The molecule has 1 N–H and O–H groups in total. The Balaban J connectivity index is 1.66. The van der Waals surface area contributed by atoms with Gasteiger partial charge in [0.15, 0.2) is 11.5 Å². The van der Waals surface area contributed by atoms with Crippen molar-refractivity contribution in [1.29, 1.82) is 0 Å². The quantitative estimate of drug-likeness (QED) is 0.595. The zero-order valence-electron chi connectivity index (χ0n) is 19.5. The summed E-state index contributed by atoms with van der Waals surface area (Å²) >= 11 is 1.71. The average molecular weight is 466 g/mol. The van der Waals surface area contributed by atoms with E-state index in [0.717, 1.165) is 79.6 Å². The molecule has 0 atom stereocenters.